The summed E-state index contributed by atoms with van der Waals surface area (Å²) in [6, 6.07) is 11.0. The summed E-state index contributed by atoms with van der Waals surface area (Å²) in [7, 11) is 0. The van der Waals surface area contributed by atoms with Crippen LogP contribution in [0.3, 0.4) is 0 Å². The number of halogens is 1. The lowest BCUT2D eigenvalue weighted by Gasteiger charge is -2.18. The van der Waals surface area contributed by atoms with Crippen LogP contribution in [0.4, 0.5) is 0 Å². The van der Waals surface area contributed by atoms with Crippen molar-refractivity contribution in [3.63, 3.8) is 0 Å². The summed E-state index contributed by atoms with van der Waals surface area (Å²) < 4.78 is 17.0. The van der Waals surface area contributed by atoms with Crippen LogP contribution in [0.5, 0.6) is 17.2 Å². The molecule has 1 amide bonds. The molecule has 1 unspecified atom stereocenters. The minimum atomic E-state index is -0.574. The number of carbonyl (C=O) groups excluding carboxylic acids is 1. The number of carbonyl (C=O) groups is 1. The van der Waals surface area contributed by atoms with E-state index in [-0.39, 0.29) is 5.91 Å². The third kappa shape index (κ3) is 6.06. The molecule has 0 saturated heterocycles. The summed E-state index contributed by atoms with van der Waals surface area (Å²) in [4.78, 5) is 12.6. The third-order valence-corrected chi connectivity index (χ3v) is 4.57. The Kier molecular flexibility index (Phi) is 8.45. The van der Waals surface area contributed by atoms with Crippen LogP contribution >= 0.6 is 11.6 Å². The van der Waals surface area contributed by atoms with Crippen LogP contribution in [0.1, 0.15) is 38.3 Å². The maximum Gasteiger partial charge on any atom is 0.261 e. The fraction of sp³-hybridized carbons (Fsp3) is 0.409. The molecule has 1 atom stereocenters. The number of rotatable bonds is 10. The van der Waals surface area contributed by atoms with Crippen molar-refractivity contribution >= 4 is 17.5 Å². The number of hydrogen-bond acceptors (Lipinski definition) is 4. The molecular formula is C22H28ClNO4. The van der Waals surface area contributed by atoms with Crippen LogP contribution in [0.15, 0.2) is 36.4 Å². The van der Waals surface area contributed by atoms with Crippen LogP contribution in [0, 0.1) is 6.92 Å². The van der Waals surface area contributed by atoms with Gasteiger partial charge < -0.3 is 19.5 Å². The Hall–Kier alpha value is -2.40. The van der Waals surface area contributed by atoms with Crippen LogP contribution < -0.4 is 19.5 Å². The summed E-state index contributed by atoms with van der Waals surface area (Å²) in [5.41, 5.74) is 1.84. The molecule has 152 valence electrons. The van der Waals surface area contributed by atoms with Crippen molar-refractivity contribution in [2.45, 2.75) is 46.8 Å². The molecule has 5 nitrogen and oxygen atoms in total. The average molecular weight is 406 g/mol. The van der Waals surface area contributed by atoms with Crippen LogP contribution in [-0.4, -0.2) is 25.2 Å². The van der Waals surface area contributed by atoms with Gasteiger partial charge in [-0.15, -0.1) is 0 Å². The molecular weight excluding hydrogens is 378 g/mol. The predicted molar refractivity (Wildman–Crippen MR) is 112 cm³/mol. The lowest BCUT2D eigenvalue weighted by atomic mass is 10.2. The molecule has 2 aromatic carbocycles. The molecule has 2 aromatic rings. The van der Waals surface area contributed by atoms with Crippen LogP contribution in [0.2, 0.25) is 5.02 Å². The van der Waals surface area contributed by atoms with Gasteiger partial charge in [-0.1, -0.05) is 24.6 Å². The van der Waals surface area contributed by atoms with E-state index in [9.17, 15) is 4.79 Å². The van der Waals surface area contributed by atoms with Crippen molar-refractivity contribution in [3.05, 3.63) is 52.5 Å². The van der Waals surface area contributed by atoms with Crippen LogP contribution in [0.25, 0.3) is 0 Å². The predicted octanol–water partition coefficient (Wildman–Crippen LogP) is 4.92. The first-order chi connectivity index (χ1) is 13.5. The number of hydrogen-bond donors (Lipinski definition) is 1. The normalized spacial score (nSPS) is 11.6. The summed E-state index contributed by atoms with van der Waals surface area (Å²) in [6.07, 6.45) is -0.0179. The molecule has 0 aliphatic heterocycles. The van der Waals surface area contributed by atoms with E-state index in [1.165, 1.54) is 0 Å². The van der Waals surface area contributed by atoms with Crippen molar-refractivity contribution in [1.29, 1.82) is 0 Å². The molecule has 0 saturated carbocycles. The van der Waals surface area contributed by atoms with Gasteiger partial charge in [-0.3, -0.25) is 4.79 Å². The zero-order chi connectivity index (χ0) is 20.5. The molecule has 0 aromatic heterocycles. The zero-order valence-corrected chi connectivity index (χ0v) is 17.6. The van der Waals surface area contributed by atoms with Gasteiger partial charge in [-0.25, -0.2) is 0 Å². The monoisotopic (exact) mass is 405 g/mol. The van der Waals surface area contributed by atoms with Gasteiger partial charge in [0.25, 0.3) is 5.91 Å². The largest absolute Gasteiger partial charge is 0.490 e. The van der Waals surface area contributed by atoms with E-state index < -0.39 is 6.10 Å². The fourth-order valence-corrected chi connectivity index (χ4v) is 2.80. The van der Waals surface area contributed by atoms with Gasteiger partial charge in [0.15, 0.2) is 17.6 Å². The van der Waals surface area contributed by atoms with Gasteiger partial charge >= 0.3 is 0 Å². The molecule has 0 heterocycles. The van der Waals surface area contributed by atoms with Crippen molar-refractivity contribution < 1.29 is 19.0 Å². The number of benzene rings is 2. The Morgan fingerprint density at radius 3 is 2.39 bits per heavy atom. The maximum absolute atomic E-state index is 12.6. The van der Waals surface area contributed by atoms with E-state index in [4.69, 9.17) is 25.8 Å². The molecule has 0 aliphatic rings. The minimum absolute atomic E-state index is 0.165. The van der Waals surface area contributed by atoms with Crippen molar-refractivity contribution in [1.82, 2.24) is 5.32 Å². The van der Waals surface area contributed by atoms with Gasteiger partial charge in [-0.2, -0.15) is 0 Å². The molecule has 1 N–H and O–H groups in total. The van der Waals surface area contributed by atoms with E-state index in [2.05, 4.69) is 5.32 Å². The van der Waals surface area contributed by atoms with E-state index in [0.29, 0.717) is 48.5 Å². The van der Waals surface area contributed by atoms with E-state index in [1.807, 2.05) is 52.0 Å². The van der Waals surface area contributed by atoms with Crippen molar-refractivity contribution in [2.75, 3.05) is 13.2 Å². The molecule has 0 aliphatic carbocycles. The van der Waals surface area contributed by atoms with E-state index in [0.717, 1.165) is 11.1 Å². The van der Waals surface area contributed by atoms with Crippen molar-refractivity contribution in [2.24, 2.45) is 0 Å². The SMILES string of the molecule is CCOc1ccc(CNC(=O)C(CC)Oc2ccc(Cl)c(C)c2)cc1OCC. The second kappa shape index (κ2) is 10.8. The van der Waals surface area contributed by atoms with Gasteiger partial charge in [0, 0.05) is 11.6 Å². The first-order valence-corrected chi connectivity index (χ1v) is 9.95. The summed E-state index contributed by atoms with van der Waals surface area (Å²) in [6.45, 7) is 9.15. The standard InChI is InChI=1S/C22H28ClNO4/c1-5-19(28-17-9-10-18(23)15(4)12-17)22(25)24-14-16-8-11-20(26-6-2)21(13-16)27-7-3/h8-13,19H,5-7,14H2,1-4H3,(H,24,25). The molecule has 0 fully saturated rings. The smallest absolute Gasteiger partial charge is 0.261 e. The summed E-state index contributed by atoms with van der Waals surface area (Å²) >= 11 is 6.04. The Morgan fingerprint density at radius 1 is 1.04 bits per heavy atom. The highest BCUT2D eigenvalue weighted by Gasteiger charge is 2.18. The average Bonchev–Trinajstić information content (AvgIpc) is 2.69. The van der Waals surface area contributed by atoms with Gasteiger partial charge in [0.2, 0.25) is 0 Å². The minimum Gasteiger partial charge on any atom is -0.490 e. The van der Waals surface area contributed by atoms with E-state index in [1.54, 1.807) is 12.1 Å². The lowest BCUT2D eigenvalue weighted by molar-refractivity contribution is -0.128. The maximum atomic E-state index is 12.6. The molecule has 0 bridgehead atoms. The Balaban J connectivity index is 2.00. The quantitative estimate of drug-likeness (QED) is 0.609. The van der Waals surface area contributed by atoms with Crippen molar-refractivity contribution in [3.8, 4) is 17.2 Å². The second-order valence-corrected chi connectivity index (χ2v) is 6.70. The fourth-order valence-electron chi connectivity index (χ4n) is 2.69. The Labute approximate surface area is 171 Å². The third-order valence-electron chi connectivity index (χ3n) is 4.15. The zero-order valence-electron chi connectivity index (χ0n) is 16.9. The molecule has 0 radical (unpaired) electrons. The topological polar surface area (TPSA) is 56.8 Å². The highest BCUT2D eigenvalue weighted by Crippen LogP contribution is 2.28. The summed E-state index contributed by atoms with van der Waals surface area (Å²) in [5.74, 6) is 1.84. The first kappa shape index (κ1) is 21.9. The van der Waals surface area contributed by atoms with Gasteiger partial charge in [0.05, 0.1) is 13.2 Å². The number of aryl methyl sites for hydroxylation is 1. The van der Waals surface area contributed by atoms with Gasteiger partial charge in [0.1, 0.15) is 5.75 Å². The number of amides is 1. The molecule has 6 heteroatoms. The Morgan fingerprint density at radius 2 is 1.75 bits per heavy atom. The highest BCUT2D eigenvalue weighted by atomic mass is 35.5. The molecule has 0 spiro atoms. The second-order valence-electron chi connectivity index (χ2n) is 6.29. The highest BCUT2D eigenvalue weighted by molar-refractivity contribution is 6.31. The Bertz CT molecular complexity index is 794. The van der Waals surface area contributed by atoms with Gasteiger partial charge in [-0.05, 0) is 68.7 Å². The first-order valence-electron chi connectivity index (χ1n) is 9.57. The molecule has 2 rings (SSSR count). The molecule has 28 heavy (non-hydrogen) atoms. The van der Waals surface area contributed by atoms with Crippen LogP contribution in [-0.2, 0) is 11.3 Å². The number of nitrogens with one attached hydrogen (secondary N) is 1. The van der Waals surface area contributed by atoms with E-state index >= 15 is 0 Å². The lowest BCUT2D eigenvalue weighted by Crippen LogP contribution is -2.37. The number of ether oxygens (including phenoxy) is 3. The summed E-state index contributed by atoms with van der Waals surface area (Å²) in [5, 5.41) is 3.60.